The largest absolute Gasteiger partial charge is 0.466 e. The summed E-state index contributed by atoms with van der Waals surface area (Å²) in [6, 6.07) is 0. The predicted octanol–water partition coefficient (Wildman–Crippen LogP) is 5.25. The third-order valence-corrected chi connectivity index (χ3v) is 3.25. The molecule has 0 aromatic heterocycles. The molecule has 0 aromatic carbocycles. The predicted molar refractivity (Wildman–Crippen MR) is 85.5 cm³/mol. The molecule has 0 spiro atoms. The molecule has 0 fully saturated rings. The minimum Gasteiger partial charge on any atom is -0.466 e. The van der Waals surface area contributed by atoms with Crippen molar-refractivity contribution in [3.63, 3.8) is 0 Å². The van der Waals surface area contributed by atoms with Crippen molar-refractivity contribution in [2.24, 2.45) is 0 Å². The summed E-state index contributed by atoms with van der Waals surface area (Å²) in [7, 11) is 0. The maximum Gasteiger partial charge on any atom is 0.305 e. The highest BCUT2D eigenvalue weighted by Gasteiger charge is 2.01. The SMILES string of the molecule is CCC#CCCCCCCCCOC(=O)CCCCC. The van der Waals surface area contributed by atoms with Gasteiger partial charge in [0.25, 0.3) is 0 Å². The van der Waals surface area contributed by atoms with Crippen molar-refractivity contribution < 1.29 is 9.53 Å². The fourth-order valence-electron chi connectivity index (χ4n) is 2.01. The second kappa shape index (κ2) is 16.1. The molecule has 0 rings (SSSR count). The number of unbranched alkanes of at least 4 members (excludes halogenated alkanes) is 8. The van der Waals surface area contributed by atoms with Crippen LogP contribution in [0.2, 0.25) is 0 Å². The Hall–Kier alpha value is -0.970. The molecule has 0 radical (unpaired) electrons. The summed E-state index contributed by atoms with van der Waals surface area (Å²) >= 11 is 0. The number of ether oxygens (including phenoxy) is 1. The summed E-state index contributed by atoms with van der Waals surface area (Å²) in [5, 5.41) is 0. The topological polar surface area (TPSA) is 26.3 Å². The normalized spacial score (nSPS) is 9.90. The first-order chi connectivity index (χ1) is 9.81. The van der Waals surface area contributed by atoms with Crippen LogP contribution in [0.1, 0.15) is 90.9 Å². The number of hydrogen-bond donors (Lipinski definition) is 0. The Bertz CT molecular complexity index is 273. The molecule has 0 heterocycles. The monoisotopic (exact) mass is 280 g/mol. The number of hydrogen-bond acceptors (Lipinski definition) is 2. The van der Waals surface area contributed by atoms with Gasteiger partial charge in [0.15, 0.2) is 0 Å². The van der Waals surface area contributed by atoms with Gasteiger partial charge in [-0.2, -0.15) is 0 Å². The zero-order chi connectivity index (χ0) is 14.9. The van der Waals surface area contributed by atoms with E-state index in [0.29, 0.717) is 13.0 Å². The molecular weight excluding hydrogens is 248 g/mol. The molecule has 2 nitrogen and oxygen atoms in total. The zero-order valence-corrected chi connectivity index (χ0v) is 13.5. The van der Waals surface area contributed by atoms with E-state index in [9.17, 15) is 4.79 Å². The molecule has 0 bridgehead atoms. The fourth-order valence-corrected chi connectivity index (χ4v) is 2.01. The Morgan fingerprint density at radius 1 is 0.850 bits per heavy atom. The summed E-state index contributed by atoms with van der Waals surface area (Å²) < 4.78 is 5.20. The summed E-state index contributed by atoms with van der Waals surface area (Å²) in [5.74, 6) is 6.25. The van der Waals surface area contributed by atoms with Crippen molar-refractivity contribution in [3.8, 4) is 11.8 Å². The van der Waals surface area contributed by atoms with Crippen molar-refractivity contribution in [3.05, 3.63) is 0 Å². The van der Waals surface area contributed by atoms with E-state index in [1.165, 1.54) is 32.1 Å². The number of carbonyl (C=O) groups is 1. The van der Waals surface area contributed by atoms with Crippen LogP contribution >= 0.6 is 0 Å². The Morgan fingerprint density at radius 3 is 2.25 bits per heavy atom. The summed E-state index contributed by atoms with van der Waals surface area (Å²) in [6.07, 6.45) is 13.0. The lowest BCUT2D eigenvalue weighted by Gasteiger charge is -2.04. The molecule has 2 heteroatoms. The molecule has 0 aliphatic rings. The molecule has 116 valence electrons. The second-order valence-corrected chi connectivity index (χ2v) is 5.26. The van der Waals surface area contributed by atoms with E-state index >= 15 is 0 Å². The van der Waals surface area contributed by atoms with Gasteiger partial charge in [-0.15, -0.1) is 11.8 Å². The highest BCUT2D eigenvalue weighted by molar-refractivity contribution is 5.69. The van der Waals surface area contributed by atoms with Crippen LogP contribution in [-0.4, -0.2) is 12.6 Å². The Morgan fingerprint density at radius 2 is 1.55 bits per heavy atom. The Balaban J connectivity index is 3.14. The lowest BCUT2D eigenvalue weighted by molar-refractivity contribution is -0.143. The van der Waals surface area contributed by atoms with Crippen LogP contribution in [0.3, 0.4) is 0 Å². The quantitative estimate of drug-likeness (QED) is 0.277. The third-order valence-electron chi connectivity index (χ3n) is 3.25. The van der Waals surface area contributed by atoms with E-state index in [0.717, 1.165) is 38.5 Å². The second-order valence-electron chi connectivity index (χ2n) is 5.26. The molecule has 0 unspecified atom stereocenters. The first-order valence-electron chi connectivity index (χ1n) is 8.42. The Labute approximate surface area is 125 Å². The molecule has 20 heavy (non-hydrogen) atoms. The van der Waals surface area contributed by atoms with Gasteiger partial charge < -0.3 is 4.74 Å². The molecule has 0 aliphatic carbocycles. The molecular formula is C18H32O2. The lowest BCUT2D eigenvalue weighted by atomic mass is 10.1. The van der Waals surface area contributed by atoms with Crippen LogP contribution in [0.15, 0.2) is 0 Å². The molecule has 0 aromatic rings. The van der Waals surface area contributed by atoms with E-state index in [1.54, 1.807) is 0 Å². The van der Waals surface area contributed by atoms with Gasteiger partial charge in [-0.05, 0) is 19.3 Å². The van der Waals surface area contributed by atoms with E-state index in [1.807, 2.05) is 0 Å². The molecule has 0 amide bonds. The van der Waals surface area contributed by atoms with Crippen LogP contribution < -0.4 is 0 Å². The highest BCUT2D eigenvalue weighted by atomic mass is 16.5. The minimum atomic E-state index is -0.0204. The summed E-state index contributed by atoms with van der Waals surface area (Å²) in [5.41, 5.74) is 0. The molecule has 0 saturated heterocycles. The maximum absolute atomic E-state index is 11.3. The first-order valence-corrected chi connectivity index (χ1v) is 8.42. The van der Waals surface area contributed by atoms with Gasteiger partial charge in [-0.25, -0.2) is 0 Å². The zero-order valence-electron chi connectivity index (χ0n) is 13.5. The van der Waals surface area contributed by atoms with Crippen molar-refractivity contribution in [2.75, 3.05) is 6.61 Å². The average molecular weight is 280 g/mol. The average Bonchev–Trinajstić information content (AvgIpc) is 2.45. The van der Waals surface area contributed by atoms with Crippen LogP contribution in [-0.2, 0) is 9.53 Å². The van der Waals surface area contributed by atoms with E-state index < -0.39 is 0 Å². The van der Waals surface area contributed by atoms with E-state index in [2.05, 4.69) is 25.7 Å². The maximum atomic E-state index is 11.3. The lowest BCUT2D eigenvalue weighted by Crippen LogP contribution is -2.05. The van der Waals surface area contributed by atoms with Crippen LogP contribution in [0.4, 0.5) is 0 Å². The third kappa shape index (κ3) is 15.1. The first kappa shape index (κ1) is 19.0. The van der Waals surface area contributed by atoms with Crippen LogP contribution in [0.5, 0.6) is 0 Å². The minimum absolute atomic E-state index is 0.0204. The van der Waals surface area contributed by atoms with Crippen molar-refractivity contribution in [2.45, 2.75) is 90.9 Å². The van der Waals surface area contributed by atoms with Gasteiger partial charge in [0, 0.05) is 19.3 Å². The Kier molecular flexibility index (Phi) is 15.3. The standard InChI is InChI=1S/C18H32O2/c1-3-5-7-8-9-10-11-12-13-15-17-20-18(19)16-14-6-4-2/h3-4,6,8-17H2,1-2H3. The highest BCUT2D eigenvalue weighted by Crippen LogP contribution is 2.07. The fraction of sp³-hybridized carbons (Fsp3) is 0.833. The summed E-state index contributed by atoms with van der Waals surface area (Å²) in [6.45, 7) is 4.83. The van der Waals surface area contributed by atoms with Crippen molar-refractivity contribution in [1.82, 2.24) is 0 Å². The molecule has 0 atom stereocenters. The van der Waals surface area contributed by atoms with Gasteiger partial charge in [-0.1, -0.05) is 52.4 Å². The van der Waals surface area contributed by atoms with E-state index in [-0.39, 0.29) is 5.97 Å². The number of carbonyl (C=O) groups excluding carboxylic acids is 1. The van der Waals surface area contributed by atoms with Gasteiger partial charge in [0.05, 0.1) is 6.61 Å². The van der Waals surface area contributed by atoms with Gasteiger partial charge in [-0.3, -0.25) is 4.79 Å². The van der Waals surface area contributed by atoms with Crippen LogP contribution in [0, 0.1) is 11.8 Å². The van der Waals surface area contributed by atoms with E-state index in [4.69, 9.17) is 4.74 Å². The van der Waals surface area contributed by atoms with Gasteiger partial charge >= 0.3 is 5.97 Å². The van der Waals surface area contributed by atoms with Crippen molar-refractivity contribution >= 4 is 5.97 Å². The molecule has 0 saturated carbocycles. The molecule has 0 N–H and O–H groups in total. The number of esters is 1. The van der Waals surface area contributed by atoms with Gasteiger partial charge in [0.1, 0.15) is 0 Å². The molecule has 0 aliphatic heterocycles. The smallest absolute Gasteiger partial charge is 0.305 e. The number of rotatable bonds is 12. The van der Waals surface area contributed by atoms with Gasteiger partial charge in [0.2, 0.25) is 0 Å². The van der Waals surface area contributed by atoms with Crippen molar-refractivity contribution in [1.29, 1.82) is 0 Å². The van der Waals surface area contributed by atoms with Crippen LogP contribution in [0.25, 0.3) is 0 Å². The summed E-state index contributed by atoms with van der Waals surface area (Å²) in [4.78, 5) is 11.3.